The monoisotopic (exact) mass is 308 g/mol. The zero-order chi connectivity index (χ0) is 15.2. The van der Waals surface area contributed by atoms with Gasteiger partial charge in [0.05, 0.1) is 19.3 Å². The highest BCUT2D eigenvalue weighted by molar-refractivity contribution is 6.30. The van der Waals surface area contributed by atoms with E-state index in [4.69, 9.17) is 21.1 Å². The van der Waals surface area contributed by atoms with E-state index in [1.165, 1.54) is 0 Å². The molecule has 7 heteroatoms. The lowest BCUT2D eigenvalue weighted by Crippen LogP contribution is -2.06. The van der Waals surface area contributed by atoms with Crippen LogP contribution in [0.25, 0.3) is 11.4 Å². The molecule has 2 aromatic rings. The van der Waals surface area contributed by atoms with Crippen LogP contribution in [0.3, 0.4) is 0 Å². The van der Waals surface area contributed by atoms with Crippen LogP contribution in [-0.2, 0) is 0 Å². The molecule has 1 heterocycles. The molecule has 21 heavy (non-hydrogen) atoms. The molecule has 6 nitrogen and oxygen atoms in total. The van der Waals surface area contributed by atoms with Gasteiger partial charge in [-0.05, 0) is 24.6 Å². The maximum Gasteiger partial charge on any atom is 0.321 e. The zero-order valence-electron chi connectivity index (χ0n) is 12.2. The smallest absolute Gasteiger partial charge is 0.321 e. The molecule has 0 aliphatic carbocycles. The highest BCUT2D eigenvalue weighted by atomic mass is 35.5. The van der Waals surface area contributed by atoms with Gasteiger partial charge in [-0.2, -0.15) is 15.0 Å². The Balaban J connectivity index is 2.49. The Morgan fingerprint density at radius 3 is 2.71 bits per heavy atom. The highest BCUT2D eigenvalue weighted by Crippen LogP contribution is 2.31. The number of benzene rings is 1. The van der Waals surface area contributed by atoms with E-state index < -0.39 is 0 Å². The fourth-order valence-electron chi connectivity index (χ4n) is 1.70. The Kier molecular flexibility index (Phi) is 5.16. The molecule has 0 aliphatic heterocycles. The first kappa shape index (κ1) is 15.3. The van der Waals surface area contributed by atoms with Crippen LogP contribution < -0.4 is 14.8 Å². The van der Waals surface area contributed by atoms with Crippen molar-refractivity contribution in [3.8, 4) is 23.1 Å². The van der Waals surface area contributed by atoms with Crippen molar-refractivity contribution in [2.75, 3.05) is 26.1 Å². The number of hydrogen-bond donors (Lipinski definition) is 1. The zero-order valence-corrected chi connectivity index (χ0v) is 12.9. The summed E-state index contributed by atoms with van der Waals surface area (Å²) < 4.78 is 10.8. The van der Waals surface area contributed by atoms with Crippen molar-refractivity contribution in [1.82, 2.24) is 15.0 Å². The Morgan fingerprint density at radius 1 is 1.24 bits per heavy atom. The summed E-state index contributed by atoms with van der Waals surface area (Å²) in [6, 6.07) is 5.54. The lowest BCUT2D eigenvalue weighted by molar-refractivity contribution is 0.292. The predicted molar refractivity (Wildman–Crippen MR) is 82.2 cm³/mol. The summed E-state index contributed by atoms with van der Waals surface area (Å²) in [5, 5.41) is 3.47. The van der Waals surface area contributed by atoms with Crippen molar-refractivity contribution in [3.63, 3.8) is 0 Å². The largest absolute Gasteiger partial charge is 0.496 e. The summed E-state index contributed by atoms with van der Waals surface area (Å²) in [7, 11) is 3.32. The summed E-state index contributed by atoms with van der Waals surface area (Å²) in [5.41, 5.74) is 0.685. The van der Waals surface area contributed by atoms with E-state index in [9.17, 15) is 0 Å². The first-order valence-electron chi connectivity index (χ1n) is 6.58. The fraction of sp³-hybridized carbons (Fsp3) is 0.357. The van der Waals surface area contributed by atoms with Gasteiger partial charge in [0.2, 0.25) is 5.95 Å². The second-order valence-electron chi connectivity index (χ2n) is 4.21. The summed E-state index contributed by atoms with van der Waals surface area (Å²) >= 11 is 6.05. The number of ether oxygens (including phenoxy) is 2. The normalized spacial score (nSPS) is 10.3. The van der Waals surface area contributed by atoms with Crippen LogP contribution in [0.4, 0.5) is 5.95 Å². The second-order valence-corrected chi connectivity index (χ2v) is 4.64. The molecule has 0 atom stereocenters. The fourth-order valence-corrected chi connectivity index (χ4v) is 1.87. The van der Waals surface area contributed by atoms with E-state index in [0.29, 0.717) is 34.7 Å². The topological polar surface area (TPSA) is 69.2 Å². The number of halogens is 1. The van der Waals surface area contributed by atoms with Gasteiger partial charge in [-0.15, -0.1) is 0 Å². The molecule has 0 radical (unpaired) electrons. The molecule has 1 aromatic carbocycles. The average Bonchev–Trinajstić information content (AvgIpc) is 2.52. The Morgan fingerprint density at radius 2 is 2.05 bits per heavy atom. The van der Waals surface area contributed by atoms with E-state index in [1.54, 1.807) is 32.4 Å². The van der Waals surface area contributed by atoms with Crippen molar-refractivity contribution in [3.05, 3.63) is 23.2 Å². The molecular formula is C14H17ClN4O2. The third kappa shape index (κ3) is 3.72. The van der Waals surface area contributed by atoms with Crippen molar-refractivity contribution in [1.29, 1.82) is 0 Å². The number of hydrogen-bond acceptors (Lipinski definition) is 6. The molecule has 0 amide bonds. The van der Waals surface area contributed by atoms with Crippen LogP contribution in [-0.4, -0.2) is 35.7 Å². The van der Waals surface area contributed by atoms with Gasteiger partial charge in [-0.1, -0.05) is 18.5 Å². The van der Waals surface area contributed by atoms with Gasteiger partial charge in [0, 0.05) is 12.1 Å². The highest BCUT2D eigenvalue weighted by Gasteiger charge is 2.13. The molecule has 2 rings (SSSR count). The Labute approximate surface area is 128 Å². The van der Waals surface area contributed by atoms with E-state index in [1.807, 2.05) is 6.92 Å². The Bertz CT molecular complexity index is 622. The minimum absolute atomic E-state index is 0.272. The van der Waals surface area contributed by atoms with Crippen LogP contribution in [0.2, 0.25) is 5.02 Å². The van der Waals surface area contributed by atoms with Gasteiger partial charge in [-0.3, -0.25) is 0 Å². The number of rotatable bonds is 6. The van der Waals surface area contributed by atoms with E-state index in [2.05, 4.69) is 20.3 Å². The quantitative estimate of drug-likeness (QED) is 0.884. The van der Waals surface area contributed by atoms with Gasteiger partial charge in [0.1, 0.15) is 5.75 Å². The third-order valence-corrected chi connectivity index (χ3v) is 2.91. The van der Waals surface area contributed by atoms with E-state index >= 15 is 0 Å². The molecule has 0 saturated heterocycles. The van der Waals surface area contributed by atoms with Crippen molar-refractivity contribution < 1.29 is 9.47 Å². The number of nitrogens with one attached hydrogen (secondary N) is 1. The molecule has 0 spiro atoms. The molecule has 0 bridgehead atoms. The maximum atomic E-state index is 6.05. The van der Waals surface area contributed by atoms with Crippen LogP contribution in [0.5, 0.6) is 11.8 Å². The lowest BCUT2D eigenvalue weighted by Gasteiger charge is -2.10. The van der Waals surface area contributed by atoms with Gasteiger partial charge in [0.25, 0.3) is 0 Å². The molecule has 0 unspecified atom stereocenters. The number of methoxy groups -OCH3 is 1. The number of anilines is 1. The molecule has 112 valence electrons. The summed E-state index contributed by atoms with van der Waals surface area (Å²) in [4.78, 5) is 12.8. The molecule has 1 N–H and O–H groups in total. The molecule has 0 aliphatic rings. The summed E-state index contributed by atoms with van der Waals surface area (Å²) in [5.74, 6) is 1.50. The van der Waals surface area contributed by atoms with Gasteiger partial charge < -0.3 is 14.8 Å². The van der Waals surface area contributed by atoms with Crippen LogP contribution >= 0.6 is 11.6 Å². The maximum absolute atomic E-state index is 6.05. The predicted octanol–water partition coefficient (Wildman–Crippen LogP) is 3.03. The van der Waals surface area contributed by atoms with Gasteiger partial charge >= 0.3 is 6.01 Å². The minimum atomic E-state index is 0.272. The first-order valence-corrected chi connectivity index (χ1v) is 6.96. The van der Waals surface area contributed by atoms with Gasteiger partial charge in [0.15, 0.2) is 5.82 Å². The number of aromatic nitrogens is 3. The first-order chi connectivity index (χ1) is 10.2. The summed E-state index contributed by atoms with van der Waals surface area (Å²) in [6.07, 6.45) is 0.871. The molecule has 0 fully saturated rings. The van der Waals surface area contributed by atoms with Gasteiger partial charge in [-0.25, -0.2) is 0 Å². The van der Waals surface area contributed by atoms with E-state index in [-0.39, 0.29) is 6.01 Å². The Hall–Kier alpha value is -2.08. The van der Waals surface area contributed by atoms with E-state index in [0.717, 1.165) is 6.42 Å². The van der Waals surface area contributed by atoms with Crippen LogP contribution in [0.1, 0.15) is 13.3 Å². The molecule has 1 aromatic heterocycles. The van der Waals surface area contributed by atoms with Crippen LogP contribution in [0, 0.1) is 0 Å². The third-order valence-electron chi connectivity index (χ3n) is 2.68. The average molecular weight is 309 g/mol. The lowest BCUT2D eigenvalue weighted by atomic mass is 10.2. The molecule has 0 saturated carbocycles. The minimum Gasteiger partial charge on any atom is -0.496 e. The number of nitrogens with zero attached hydrogens (tertiary/aromatic N) is 3. The van der Waals surface area contributed by atoms with Crippen LogP contribution in [0.15, 0.2) is 18.2 Å². The molecular weight excluding hydrogens is 292 g/mol. The van der Waals surface area contributed by atoms with Crippen molar-refractivity contribution in [2.45, 2.75) is 13.3 Å². The second kappa shape index (κ2) is 7.08. The SMILES string of the molecule is CCCOc1nc(NC)nc(-c2cc(Cl)ccc2OC)n1. The summed E-state index contributed by atoms with van der Waals surface area (Å²) in [6.45, 7) is 2.56. The van der Waals surface area contributed by atoms with Crippen molar-refractivity contribution >= 4 is 17.5 Å². The van der Waals surface area contributed by atoms with Crippen molar-refractivity contribution in [2.24, 2.45) is 0 Å². The standard InChI is InChI=1S/C14H17ClN4O2/c1-4-7-21-14-18-12(17-13(16-2)19-14)10-8-9(15)5-6-11(10)20-3/h5-6,8H,4,7H2,1-3H3,(H,16,17,18,19).